The molecule has 0 aliphatic carbocycles. The molecule has 0 radical (unpaired) electrons. The number of ether oxygens (including phenoxy) is 1. The molecule has 4 nitrogen and oxygen atoms in total. The van der Waals surface area contributed by atoms with Crippen LogP contribution in [0.2, 0.25) is 0 Å². The maximum atomic E-state index is 8.78. The summed E-state index contributed by atoms with van der Waals surface area (Å²) in [6.07, 6.45) is 5.06. The quantitative estimate of drug-likeness (QED) is 0.689. The van der Waals surface area contributed by atoms with E-state index in [1.165, 1.54) is 0 Å². The predicted molar refractivity (Wildman–Crippen MR) is 78.6 cm³/mol. The van der Waals surface area contributed by atoms with E-state index in [9.17, 15) is 0 Å². The standard InChI is InChI=1S/C15H14N2O2S/c1-19-14-5-4-12(9-13(14)3-2-8-18)11-20-15-10-16-6-7-17-15/h4-7,9-10,18H,8,11H2,1H3. The van der Waals surface area contributed by atoms with Crippen molar-refractivity contribution >= 4 is 11.8 Å². The fourth-order valence-electron chi connectivity index (χ4n) is 1.59. The fourth-order valence-corrected chi connectivity index (χ4v) is 2.36. The number of hydrogen-bond acceptors (Lipinski definition) is 5. The van der Waals surface area contributed by atoms with E-state index in [2.05, 4.69) is 21.8 Å². The molecule has 0 saturated heterocycles. The van der Waals surface area contributed by atoms with Crippen molar-refractivity contribution in [2.45, 2.75) is 10.8 Å². The molecule has 5 heteroatoms. The van der Waals surface area contributed by atoms with Crippen molar-refractivity contribution in [2.24, 2.45) is 0 Å². The highest BCUT2D eigenvalue weighted by atomic mass is 32.2. The van der Waals surface area contributed by atoms with Crippen LogP contribution in [0.25, 0.3) is 0 Å². The molecule has 0 aliphatic heterocycles. The SMILES string of the molecule is COc1ccc(CSc2cnccn2)cc1C#CCO. The molecule has 1 heterocycles. The Morgan fingerprint density at radius 1 is 1.35 bits per heavy atom. The molecule has 0 saturated carbocycles. The summed E-state index contributed by atoms with van der Waals surface area (Å²) in [4.78, 5) is 8.24. The monoisotopic (exact) mass is 286 g/mol. The van der Waals surface area contributed by atoms with E-state index in [-0.39, 0.29) is 6.61 Å². The van der Waals surface area contributed by atoms with Gasteiger partial charge in [0.2, 0.25) is 0 Å². The highest BCUT2D eigenvalue weighted by molar-refractivity contribution is 7.98. The van der Waals surface area contributed by atoms with E-state index in [1.54, 1.807) is 37.5 Å². The zero-order valence-electron chi connectivity index (χ0n) is 11.0. The molecule has 0 aliphatic rings. The number of thioether (sulfide) groups is 1. The molecule has 0 amide bonds. The number of methoxy groups -OCH3 is 1. The normalized spacial score (nSPS) is 9.70. The molecular weight excluding hydrogens is 272 g/mol. The average Bonchev–Trinajstić information content (AvgIpc) is 2.52. The van der Waals surface area contributed by atoms with Crippen molar-refractivity contribution in [3.63, 3.8) is 0 Å². The average molecular weight is 286 g/mol. The summed E-state index contributed by atoms with van der Waals surface area (Å²) < 4.78 is 5.25. The topological polar surface area (TPSA) is 55.2 Å². The molecule has 0 fully saturated rings. The maximum absolute atomic E-state index is 8.78. The number of aromatic nitrogens is 2. The molecule has 0 spiro atoms. The highest BCUT2D eigenvalue weighted by Crippen LogP contribution is 2.24. The van der Waals surface area contributed by atoms with Gasteiger partial charge in [0.25, 0.3) is 0 Å². The molecule has 0 unspecified atom stereocenters. The Bertz CT molecular complexity index is 621. The first-order valence-corrected chi connectivity index (χ1v) is 6.97. The number of aliphatic hydroxyl groups is 1. The summed E-state index contributed by atoms with van der Waals surface area (Å²) in [7, 11) is 1.60. The molecule has 0 atom stereocenters. The minimum absolute atomic E-state index is 0.165. The largest absolute Gasteiger partial charge is 0.495 e. The molecule has 1 N–H and O–H groups in total. The van der Waals surface area contributed by atoms with Gasteiger partial charge in [-0.3, -0.25) is 4.98 Å². The number of benzene rings is 1. The van der Waals surface area contributed by atoms with Crippen LogP contribution in [-0.4, -0.2) is 28.8 Å². The van der Waals surface area contributed by atoms with Crippen LogP contribution in [0.3, 0.4) is 0 Å². The van der Waals surface area contributed by atoms with E-state index < -0.39 is 0 Å². The molecule has 20 heavy (non-hydrogen) atoms. The summed E-state index contributed by atoms with van der Waals surface area (Å²) in [6.45, 7) is -0.165. The molecule has 102 valence electrons. The fraction of sp³-hybridized carbons (Fsp3) is 0.200. The van der Waals surface area contributed by atoms with E-state index in [4.69, 9.17) is 9.84 Å². The van der Waals surface area contributed by atoms with Crippen LogP contribution in [0.1, 0.15) is 11.1 Å². The van der Waals surface area contributed by atoms with Gasteiger partial charge in [-0.25, -0.2) is 4.98 Å². The first kappa shape index (κ1) is 14.4. The van der Waals surface area contributed by atoms with E-state index in [1.807, 2.05) is 18.2 Å². The van der Waals surface area contributed by atoms with E-state index in [0.29, 0.717) is 5.75 Å². The van der Waals surface area contributed by atoms with Crippen molar-refractivity contribution in [3.05, 3.63) is 47.9 Å². The maximum Gasteiger partial charge on any atom is 0.134 e. The highest BCUT2D eigenvalue weighted by Gasteiger charge is 2.03. The van der Waals surface area contributed by atoms with Crippen LogP contribution in [0.5, 0.6) is 5.75 Å². The Labute approximate surface area is 122 Å². The van der Waals surface area contributed by atoms with Gasteiger partial charge >= 0.3 is 0 Å². The first-order valence-electron chi connectivity index (χ1n) is 5.99. The molecular formula is C15H14N2O2S. The Balaban J connectivity index is 2.12. The number of rotatable bonds is 4. The van der Waals surface area contributed by atoms with Crippen LogP contribution in [0.4, 0.5) is 0 Å². The van der Waals surface area contributed by atoms with Gasteiger partial charge in [0.1, 0.15) is 17.4 Å². The van der Waals surface area contributed by atoms with Gasteiger partial charge in [-0.1, -0.05) is 17.9 Å². The lowest BCUT2D eigenvalue weighted by molar-refractivity contribution is 0.350. The first-order chi connectivity index (χ1) is 9.83. The molecule has 2 rings (SSSR count). The smallest absolute Gasteiger partial charge is 0.134 e. The summed E-state index contributed by atoms with van der Waals surface area (Å²) in [5.41, 5.74) is 1.89. The van der Waals surface area contributed by atoms with Crippen molar-refractivity contribution in [3.8, 4) is 17.6 Å². The molecule has 1 aromatic carbocycles. The van der Waals surface area contributed by atoms with Crippen LogP contribution in [0.15, 0.2) is 41.8 Å². The van der Waals surface area contributed by atoms with Crippen LogP contribution in [-0.2, 0) is 5.75 Å². The predicted octanol–water partition coefficient (Wildman–Crippen LogP) is 2.12. The number of aliphatic hydroxyl groups excluding tert-OH is 1. The second-order valence-corrected chi connectivity index (χ2v) is 4.82. The summed E-state index contributed by atoms with van der Waals surface area (Å²) in [6, 6.07) is 5.84. The number of nitrogens with zero attached hydrogens (tertiary/aromatic N) is 2. The van der Waals surface area contributed by atoms with Gasteiger partial charge in [-0.05, 0) is 17.7 Å². The second kappa shape index (κ2) is 7.53. The van der Waals surface area contributed by atoms with Crippen molar-refractivity contribution in [1.29, 1.82) is 0 Å². The Morgan fingerprint density at radius 2 is 2.25 bits per heavy atom. The lowest BCUT2D eigenvalue weighted by Crippen LogP contribution is -1.91. The van der Waals surface area contributed by atoms with Crippen molar-refractivity contribution in [1.82, 2.24) is 9.97 Å². The van der Waals surface area contributed by atoms with Gasteiger partial charge in [-0.2, -0.15) is 0 Å². The van der Waals surface area contributed by atoms with Crippen molar-refractivity contribution < 1.29 is 9.84 Å². The minimum atomic E-state index is -0.165. The number of hydrogen-bond donors (Lipinski definition) is 1. The summed E-state index contributed by atoms with van der Waals surface area (Å²) >= 11 is 1.61. The third-order valence-corrected chi connectivity index (χ3v) is 3.48. The van der Waals surface area contributed by atoms with Crippen LogP contribution < -0.4 is 4.74 Å². The summed E-state index contributed by atoms with van der Waals surface area (Å²) in [5, 5.41) is 9.66. The van der Waals surface area contributed by atoms with E-state index in [0.717, 1.165) is 21.9 Å². The summed E-state index contributed by atoms with van der Waals surface area (Å²) in [5.74, 6) is 7.01. The lowest BCUT2D eigenvalue weighted by atomic mass is 10.1. The lowest BCUT2D eigenvalue weighted by Gasteiger charge is -2.06. The van der Waals surface area contributed by atoms with Crippen molar-refractivity contribution in [2.75, 3.05) is 13.7 Å². The molecule has 2 aromatic rings. The van der Waals surface area contributed by atoms with Gasteiger partial charge in [0.15, 0.2) is 0 Å². The van der Waals surface area contributed by atoms with E-state index >= 15 is 0 Å². The third-order valence-electron chi connectivity index (χ3n) is 2.49. The molecule has 1 aromatic heterocycles. The van der Waals surface area contributed by atoms with Gasteiger partial charge < -0.3 is 9.84 Å². The van der Waals surface area contributed by atoms with Gasteiger partial charge in [0.05, 0.1) is 18.9 Å². The second-order valence-electron chi connectivity index (χ2n) is 3.83. The zero-order chi connectivity index (χ0) is 14.2. The Hall–Kier alpha value is -2.03. The third kappa shape index (κ3) is 3.98. The zero-order valence-corrected chi connectivity index (χ0v) is 11.9. The van der Waals surface area contributed by atoms with Gasteiger partial charge in [-0.15, -0.1) is 11.8 Å². The Morgan fingerprint density at radius 3 is 2.95 bits per heavy atom. The van der Waals surface area contributed by atoms with Gasteiger partial charge in [0, 0.05) is 18.1 Å². The Kier molecular flexibility index (Phi) is 5.42. The van der Waals surface area contributed by atoms with Crippen LogP contribution >= 0.6 is 11.8 Å². The van der Waals surface area contributed by atoms with Crippen LogP contribution in [0, 0.1) is 11.8 Å². The molecule has 0 bridgehead atoms. The minimum Gasteiger partial charge on any atom is -0.495 e.